The molecule has 0 spiro atoms. The van der Waals surface area contributed by atoms with Crippen molar-refractivity contribution < 1.29 is 4.79 Å². The van der Waals surface area contributed by atoms with Gasteiger partial charge in [-0.25, -0.2) is 0 Å². The average Bonchev–Trinajstić information content (AvgIpc) is 2.96. The number of carbonyl (C=O) groups excluding carboxylic acids is 1. The van der Waals surface area contributed by atoms with Crippen molar-refractivity contribution >= 4 is 17.2 Å². The van der Waals surface area contributed by atoms with E-state index in [1.807, 2.05) is 12.1 Å². The van der Waals surface area contributed by atoms with Crippen LogP contribution in [0.1, 0.15) is 43.5 Å². The van der Waals surface area contributed by atoms with Crippen LogP contribution in [0, 0.1) is 5.92 Å². The zero-order valence-electron chi connectivity index (χ0n) is 10.5. The lowest BCUT2D eigenvalue weighted by Gasteiger charge is -2.08. The number of benzene rings is 1. The van der Waals surface area contributed by atoms with Crippen LogP contribution in [0.25, 0.3) is 0 Å². The van der Waals surface area contributed by atoms with E-state index >= 15 is 0 Å². The number of hydrogen-bond donors (Lipinski definition) is 2. The van der Waals surface area contributed by atoms with Crippen LogP contribution in [0.2, 0.25) is 0 Å². The summed E-state index contributed by atoms with van der Waals surface area (Å²) in [4.78, 5) is 11.2. The van der Waals surface area contributed by atoms with E-state index in [0.29, 0.717) is 17.3 Å². The minimum absolute atomic E-state index is 0.0179. The first kappa shape index (κ1) is 12.0. The topological polar surface area (TPSA) is 55.1 Å². The molecule has 0 heterocycles. The fourth-order valence-corrected chi connectivity index (χ4v) is 2.30. The zero-order chi connectivity index (χ0) is 12.4. The number of carbonyl (C=O) groups is 1. The highest BCUT2D eigenvalue weighted by Crippen LogP contribution is 2.37. The van der Waals surface area contributed by atoms with Crippen molar-refractivity contribution in [2.75, 3.05) is 11.1 Å². The summed E-state index contributed by atoms with van der Waals surface area (Å²) in [6, 6.07) is 6.20. The first-order valence-corrected chi connectivity index (χ1v) is 6.28. The van der Waals surface area contributed by atoms with Crippen LogP contribution in [-0.2, 0) is 0 Å². The fourth-order valence-electron chi connectivity index (χ4n) is 2.30. The van der Waals surface area contributed by atoms with Gasteiger partial charge in [-0.3, -0.25) is 4.79 Å². The van der Waals surface area contributed by atoms with Gasteiger partial charge in [0.25, 0.3) is 0 Å². The molecule has 92 valence electrons. The molecule has 17 heavy (non-hydrogen) atoms. The summed E-state index contributed by atoms with van der Waals surface area (Å²) in [5.41, 5.74) is 8.05. The van der Waals surface area contributed by atoms with Gasteiger partial charge in [0.15, 0.2) is 5.78 Å². The van der Waals surface area contributed by atoms with Crippen LogP contribution < -0.4 is 11.1 Å². The van der Waals surface area contributed by atoms with E-state index in [0.717, 1.165) is 11.6 Å². The summed E-state index contributed by atoms with van der Waals surface area (Å²) in [5, 5.41) is 3.47. The standard InChI is InChI=1S/C14H20N2O/c1-3-4-10-7-14(10)16-11-5-6-12(9(2)17)13(15)8-11/h5-6,8,10,14,16H,3-4,7,15H2,1-2H3. The summed E-state index contributed by atoms with van der Waals surface area (Å²) in [6.45, 7) is 3.76. The van der Waals surface area contributed by atoms with Gasteiger partial charge in [0.05, 0.1) is 0 Å². The molecule has 0 aromatic heterocycles. The molecule has 1 fully saturated rings. The molecule has 1 aliphatic carbocycles. The molecule has 3 heteroatoms. The number of hydrogen-bond acceptors (Lipinski definition) is 3. The molecule has 1 aromatic carbocycles. The average molecular weight is 232 g/mol. The molecular weight excluding hydrogens is 212 g/mol. The van der Waals surface area contributed by atoms with Gasteiger partial charge in [0.1, 0.15) is 0 Å². The first-order valence-electron chi connectivity index (χ1n) is 6.28. The summed E-state index contributed by atoms with van der Waals surface area (Å²) < 4.78 is 0. The summed E-state index contributed by atoms with van der Waals surface area (Å²) >= 11 is 0. The number of anilines is 2. The maximum atomic E-state index is 11.2. The molecule has 2 atom stereocenters. The number of nitrogens with one attached hydrogen (secondary N) is 1. The van der Waals surface area contributed by atoms with E-state index in [1.54, 1.807) is 6.07 Å². The zero-order valence-corrected chi connectivity index (χ0v) is 10.5. The van der Waals surface area contributed by atoms with Crippen LogP contribution in [-0.4, -0.2) is 11.8 Å². The van der Waals surface area contributed by atoms with Crippen molar-refractivity contribution in [2.24, 2.45) is 5.92 Å². The highest BCUT2D eigenvalue weighted by molar-refractivity contribution is 5.99. The normalized spacial score (nSPS) is 22.2. The number of nitrogens with two attached hydrogens (primary N) is 1. The fraction of sp³-hybridized carbons (Fsp3) is 0.500. The lowest BCUT2D eigenvalue weighted by atomic mass is 10.1. The third kappa shape index (κ3) is 2.78. The Morgan fingerprint density at radius 2 is 2.29 bits per heavy atom. The molecule has 0 amide bonds. The van der Waals surface area contributed by atoms with Gasteiger partial charge in [-0.1, -0.05) is 13.3 Å². The maximum Gasteiger partial charge on any atom is 0.161 e. The van der Waals surface area contributed by atoms with E-state index in [9.17, 15) is 4.79 Å². The predicted molar refractivity (Wildman–Crippen MR) is 71.3 cm³/mol. The molecule has 0 aliphatic heterocycles. The van der Waals surface area contributed by atoms with Crippen molar-refractivity contribution in [2.45, 2.75) is 39.2 Å². The van der Waals surface area contributed by atoms with Gasteiger partial charge in [-0.2, -0.15) is 0 Å². The molecule has 1 aromatic rings. The maximum absolute atomic E-state index is 11.2. The Morgan fingerprint density at radius 1 is 1.53 bits per heavy atom. The first-order chi connectivity index (χ1) is 8.11. The van der Waals surface area contributed by atoms with Crippen molar-refractivity contribution in [1.82, 2.24) is 0 Å². The molecule has 2 unspecified atom stereocenters. The van der Waals surface area contributed by atoms with Crippen LogP contribution in [0.5, 0.6) is 0 Å². The number of ketones is 1. The van der Waals surface area contributed by atoms with Gasteiger partial charge in [0.2, 0.25) is 0 Å². The minimum Gasteiger partial charge on any atom is -0.398 e. The van der Waals surface area contributed by atoms with E-state index in [-0.39, 0.29) is 5.78 Å². The molecule has 3 nitrogen and oxygen atoms in total. The Balaban J connectivity index is 1.99. The van der Waals surface area contributed by atoms with E-state index in [1.165, 1.54) is 26.2 Å². The monoisotopic (exact) mass is 232 g/mol. The molecule has 1 saturated carbocycles. The van der Waals surface area contributed by atoms with E-state index in [4.69, 9.17) is 5.73 Å². The molecule has 3 N–H and O–H groups in total. The van der Waals surface area contributed by atoms with Crippen molar-refractivity contribution in [3.05, 3.63) is 23.8 Å². The van der Waals surface area contributed by atoms with E-state index in [2.05, 4.69) is 12.2 Å². The Hall–Kier alpha value is -1.51. The second kappa shape index (κ2) is 4.78. The molecule has 2 rings (SSSR count). The Bertz CT molecular complexity index is 428. The van der Waals surface area contributed by atoms with Gasteiger partial charge in [-0.05, 0) is 43.9 Å². The van der Waals surface area contributed by atoms with Crippen LogP contribution in [0.4, 0.5) is 11.4 Å². The number of rotatable bonds is 5. The number of Topliss-reactive ketones (excluding diaryl/α,β-unsaturated/α-hetero) is 1. The lowest BCUT2D eigenvalue weighted by molar-refractivity contribution is 0.101. The molecule has 1 aliphatic rings. The molecule has 0 saturated heterocycles. The van der Waals surface area contributed by atoms with Gasteiger partial charge in [-0.15, -0.1) is 0 Å². The summed E-state index contributed by atoms with van der Waals surface area (Å²) in [6.07, 6.45) is 3.79. The number of nitrogen functional groups attached to an aromatic ring is 1. The van der Waals surface area contributed by atoms with Crippen LogP contribution >= 0.6 is 0 Å². The van der Waals surface area contributed by atoms with Crippen molar-refractivity contribution in [3.8, 4) is 0 Å². The van der Waals surface area contributed by atoms with Gasteiger partial charge < -0.3 is 11.1 Å². The predicted octanol–water partition coefficient (Wildman–Crippen LogP) is 3.07. The van der Waals surface area contributed by atoms with E-state index < -0.39 is 0 Å². The smallest absolute Gasteiger partial charge is 0.161 e. The minimum atomic E-state index is 0.0179. The molecular formula is C14H20N2O. The largest absolute Gasteiger partial charge is 0.398 e. The lowest BCUT2D eigenvalue weighted by Crippen LogP contribution is -2.06. The van der Waals surface area contributed by atoms with Crippen molar-refractivity contribution in [1.29, 1.82) is 0 Å². The second-order valence-electron chi connectivity index (χ2n) is 4.89. The van der Waals surface area contributed by atoms with Crippen molar-refractivity contribution in [3.63, 3.8) is 0 Å². The molecule has 0 bridgehead atoms. The summed E-state index contributed by atoms with van der Waals surface area (Å²) in [5.74, 6) is 0.832. The van der Waals surface area contributed by atoms with Crippen LogP contribution in [0.3, 0.4) is 0 Å². The third-order valence-electron chi connectivity index (χ3n) is 3.36. The highest BCUT2D eigenvalue weighted by Gasteiger charge is 2.35. The highest BCUT2D eigenvalue weighted by atomic mass is 16.1. The third-order valence-corrected chi connectivity index (χ3v) is 3.36. The SMILES string of the molecule is CCCC1CC1Nc1ccc(C(C)=O)c(N)c1. The quantitative estimate of drug-likeness (QED) is 0.606. The second-order valence-corrected chi connectivity index (χ2v) is 4.89. The Labute approximate surface area is 102 Å². The Morgan fingerprint density at radius 3 is 2.88 bits per heavy atom. The Kier molecular flexibility index (Phi) is 3.36. The van der Waals surface area contributed by atoms with Crippen LogP contribution in [0.15, 0.2) is 18.2 Å². The van der Waals surface area contributed by atoms with Gasteiger partial charge in [0, 0.05) is 23.0 Å². The summed E-state index contributed by atoms with van der Waals surface area (Å²) in [7, 11) is 0. The molecule has 0 radical (unpaired) electrons. The van der Waals surface area contributed by atoms with Gasteiger partial charge >= 0.3 is 0 Å².